The van der Waals surface area contributed by atoms with Gasteiger partial charge in [-0.15, -0.1) is 48.0 Å². The Hall–Kier alpha value is -4.21. The van der Waals surface area contributed by atoms with Crippen LogP contribution in [0.1, 0.15) is 25.3 Å². The summed E-state index contributed by atoms with van der Waals surface area (Å²) < 4.78 is 10.1. The molecule has 0 unspecified atom stereocenters. The molecule has 0 saturated heterocycles. The monoisotopic (exact) mass is 701 g/mol. The van der Waals surface area contributed by atoms with Crippen molar-refractivity contribution in [2.45, 2.75) is 26.7 Å². The van der Waals surface area contributed by atoms with E-state index in [9.17, 15) is 0 Å². The zero-order valence-electron chi connectivity index (χ0n) is 22.4. The van der Waals surface area contributed by atoms with E-state index >= 15 is 0 Å². The van der Waals surface area contributed by atoms with Gasteiger partial charge in [-0.2, -0.15) is 0 Å². The molecule has 199 valence electrons. The van der Waals surface area contributed by atoms with Crippen LogP contribution in [0, 0.1) is 19.1 Å². The number of aromatic nitrogens is 2. The molecule has 0 amide bonds. The number of aryl methyl sites for hydroxylation is 1. The number of furan rings is 1. The minimum absolute atomic E-state index is 0. The fourth-order valence-electron chi connectivity index (χ4n) is 4.63. The molecule has 5 nitrogen and oxygen atoms in total. The van der Waals surface area contributed by atoms with Crippen molar-refractivity contribution in [2.75, 3.05) is 6.54 Å². The Balaban J connectivity index is 0.000000195. The van der Waals surface area contributed by atoms with Crippen LogP contribution in [0.4, 0.5) is 17.1 Å². The Morgan fingerprint density at radius 2 is 1.75 bits per heavy atom. The number of hydrogen-bond acceptors (Lipinski definition) is 3. The Labute approximate surface area is 247 Å². The van der Waals surface area contributed by atoms with Crippen LogP contribution in [0.25, 0.3) is 33.3 Å². The number of unbranched alkanes of at least 4 members (excludes halogenated alkanes) is 1. The molecular weight excluding hydrogens is 673 g/mol. The van der Waals surface area contributed by atoms with Crippen LogP contribution in [-0.2, 0) is 20.1 Å². The molecule has 0 fully saturated rings. The van der Waals surface area contributed by atoms with Crippen LogP contribution in [0.2, 0.25) is 0 Å². The largest absolute Gasteiger partial charge is 0.502 e. The number of para-hydroxylation sites is 2. The van der Waals surface area contributed by atoms with Gasteiger partial charge >= 0.3 is 6.01 Å². The molecule has 1 aliphatic heterocycles. The van der Waals surface area contributed by atoms with Crippen LogP contribution in [0.3, 0.4) is 0 Å². The number of pyridine rings is 2. The molecule has 1 radical (unpaired) electrons. The van der Waals surface area contributed by atoms with Crippen molar-refractivity contribution < 1.29 is 29.1 Å². The smallest absolute Gasteiger partial charge is 0.494 e. The summed E-state index contributed by atoms with van der Waals surface area (Å²) in [5, 5.41) is 2.07. The average Bonchev–Trinajstić information content (AvgIpc) is 3.55. The standard InChI is InChI=1S/C22H18N3O.C12H10N.Ir/c1-2-3-13-24-15-25(20-9-5-4-8-19(20)24)16-10-11-21-18(14-16)17-7-6-12-23-22(17)26-21;1-10-7-8-12(13-9-10)11-5-3-2-4-6-11;/h4-9,11-12,14H,2-3,13H2,1H3;2-5,7-9H,1H3;/q+1;-1;. The third-order valence-electron chi connectivity index (χ3n) is 6.67. The van der Waals surface area contributed by atoms with E-state index in [-0.39, 0.29) is 20.1 Å². The van der Waals surface area contributed by atoms with E-state index in [1.165, 1.54) is 11.3 Å². The molecule has 0 atom stereocenters. The van der Waals surface area contributed by atoms with Crippen LogP contribution in [0.5, 0.6) is 0 Å². The van der Waals surface area contributed by atoms with E-state index in [0.29, 0.717) is 5.71 Å². The van der Waals surface area contributed by atoms with Gasteiger partial charge in [-0.1, -0.05) is 58.2 Å². The molecule has 3 aromatic heterocycles. The Morgan fingerprint density at radius 1 is 0.900 bits per heavy atom. The number of hydrogen-bond donors (Lipinski definition) is 0. The molecule has 0 bridgehead atoms. The van der Waals surface area contributed by atoms with Gasteiger partial charge in [-0.25, -0.2) is 4.98 Å². The molecule has 0 N–H and O–H groups in total. The first-order chi connectivity index (χ1) is 19.2. The van der Waals surface area contributed by atoms with E-state index in [4.69, 9.17) is 4.42 Å². The number of fused-ring (bicyclic) bond motifs is 4. The number of nitrogens with zero attached hydrogens (tertiary/aromatic N) is 4. The Bertz CT molecular complexity index is 1840. The van der Waals surface area contributed by atoms with Gasteiger partial charge in [-0.05, 0) is 30.3 Å². The minimum atomic E-state index is 0. The molecule has 3 aromatic carbocycles. The van der Waals surface area contributed by atoms with Gasteiger partial charge in [0.15, 0.2) is 6.54 Å². The van der Waals surface area contributed by atoms with Crippen LogP contribution in [-0.4, -0.2) is 27.1 Å². The first kappa shape index (κ1) is 27.4. The molecule has 40 heavy (non-hydrogen) atoms. The summed E-state index contributed by atoms with van der Waals surface area (Å²) >= 11 is 0. The maximum atomic E-state index is 5.82. The number of rotatable bonds is 5. The maximum Gasteiger partial charge on any atom is 0.494 e. The van der Waals surface area contributed by atoms with Gasteiger partial charge in [-0.3, -0.25) is 0 Å². The molecule has 0 saturated carbocycles. The van der Waals surface area contributed by atoms with Crippen molar-refractivity contribution >= 4 is 45.1 Å². The molecule has 6 heteroatoms. The summed E-state index contributed by atoms with van der Waals surface area (Å²) in [6, 6.07) is 38.3. The van der Waals surface area contributed by atoms with Gasteiger partial charge in [0.25, 0.3) is 11.4 Å². The minimum Gasteiger partial charge on any atom is -0.502 e. The van der Waals surface area contributed by atoms with Gasteiger partial charge in [0.1, 0.15) is 5.69 Å². The van der Waals surface area contributed by atoms with Gasteiger partial charge in [0.2, 0.25) is 5.71 Å². The second-order valence-electron chi connectivity index (χ2n) is 9.48. The van der Waals surface area contributed by atoms with E-state index < -0.39 is 0 Å². The third kappa shape index (κ3) is 5.57. The van der Waals surface area contributed by atoms with Crippen molar-refractivity contribution in [3.8, 4) is 11.3 Å². The Morgan fingerprint density at radius 3 is 2.52 bits per heavy atom. The third-order valence-corrected chi connectivity index (χ3v) is 6.67. The molecule has 0 aliphatic carbocycles. The van der Waals surface area contributed by atoms with E-state index in [0.717, 1.165) is 58.4 Å². The first-order valence-electron chi connectivity index (χ1n) is 13.2. The predicted molar refractivity (Wildman–Crippen MR) is 156 cm³/mol. The zero-order chi connectivity index (χ0) is 26.6. The summed E-state index contributed by atoms with van der Waals surface area (Å²) in [6.07, 6.45) is 5.91. The fraction of sp³-hybridized carbons (Fsp3) is 0.147. The molecule has 7 rings (SSSR count). The first-order valence-corrected chi connectivity index (χ1v) is 13.2. The molecule has 1 aliphatic rings. The van der Waals surface area contributed by atoms with Crippen LogP contribution >= 0.6 is 0 Å². The van der Waals surface area contributed by atoms with E-state index in [1.54, 1.807) is 6.20 Å². The summed E-state index contributed by atoms with van der Waals surface area (Å²) in [5.41, 5.74) is 7.94. The zero-order valence-corrected chi connectivity index (χ0v) is 24.8. The van der Waals surface area contributed by atoms with Crippen molar-refractivity contribution in [1.29, 1.82) is 0 Å². The molecule has 0 spiro atoms. The van der Waals surface area contributed by atoms with E-state index in [1.807, 2.05) is 61.7 Å². The second-order valence-corrected chi connectivity index (χ2v) is 9.48. The van der Waals surface area contributed by atoms with Crippen molar-refractivity contribution in [3.05, 3.63) is 115 Å². The summed E-state index contributed by atoms with van der Waals surface area (Å²) in [6.45, 7) is 5.20. The van der Waals surface area contributed by atoms with Crippen molar-refractivity contribution in [1.82, 2.24) is 14.5 Å². The van der Waals surface area contributed by atoms with Crippen LogP contribution in [0.15, 0.2) is 102 Å². The Kier molecular flexibility index (Phi) is 8.42. The van der Waals surface area contributed by atoms with E-state index in [2.05, 4.69) is 80.6 Å². The quantitative estimate of drug-likeness (QED) is 0.135. The molecular formula is C34H28IrN4O. The maximum absolute atomic E-state index is 5.82. The second kappa shape index (κ2) is 12.3. The topological polar surface area (TPSA) is 44.9 Å². The molecule has 4 heterocycles. The van der Waals surface area contributed by atoms with Gasteiger partial charge in [0, 0.05) is 62.0 Å². The van der Waals surface area contributed by atoms with Crippen molar-refractivity contribution in [3.63, 3.8) is 0 Å². The summed E-state index contributed by atoms with van der Waals surface area (Å²) in [5.74, 6) is 0. The molecule has 6 aromatic rings. The van der Waals surface area contributed by atoms with Gasteiger partial charge < -0.3 is 9.40 Å². The number of benzene rings is 3. The summed E-state index contributed by atoms with van der Waals surface area (Å²) in [7, 11) is 0. The van der Waals surface area contributed by atoms with Crippen LogP contribution < -0.4 is 4.58 Å². The van der Waals surface area contributed by atoms with Gasteiger partial charge in [0.05, 0.1) is 0 Å². The fourth-order valence-corrected chi connectivity index (χ4v) is 4.63. The van der Waals surface area contributed by atoms with Crippen molar-refractivity contribution in [2.24, 2.45) is 0 Å². The SMILES string of the molecule is CCCC[N+]1=C=[N+](c2[c-]cc3oc4ncccc4c3c2)c2ccccc21.Cc1ccc(-c2[c-]cccc2)nc1.[Ir]. The predicted octanol–water partition coefficient (Wildman–Crippen LogP) is 8.10. The normalized spacial score (nSPS) is 11.8. The average molecular weight is 701 g/mol. The summed E-state index contributed by atoms with van der Waals surface area (Å²) in [4.78, 5) is 8.63.